The molecule has 0 bridgehead atoms. The summed E-state index contributed by atoms with van der Waals surface area (Å²) >= 11 is 0. The van der Waals surface area contributed by atoms with Gasteiger partial charge in [-0.05, 0) is 32.9 Å². The van der Waals surface area contributed by atoms with Crippen LogP contribution in [0.25, 0.3) is 0 Å². The predicted octanol–water partition coefficient (Wildman–Crippen LogP) is 1.62. The SMILES string of the molecule is CC(C)(C)OC(=O)N1CCN(C(=O)c2cccnc2)C[C@@H]1CC(=O)O. The molecule has 0 unspecified atom stereocenters. The fraction of sp³-hybridized carbons (Fsp3) is 0.529. The first-order valence-electron chi connectivity index (χ1n) is 8.08. The normalized spacial score (nSPS) is 18.0. The fourth-order valence-electron chi connectivity index (χ4n) is 2.65. The number of amides is 2. The fourth-order valence-corrected chi connectivity index (χ4v) is 2.65. The highest BCUT2D eigenvalue weighted by Gasteiger charge is 2.36. The maximum absolute atomic E-state index is 12.5. The van der Waals surface area contributed by atoms with E-state index >= 15 is 0 Å². The zero-order chi connectivity index (χ0) is 18.6. The average Bonchev–Trinajstić information content (AvgIpc) is 2.52. The number of aromatic nitrogens is 1. The number of aliphatic carboxylic acids is 1. The van der Waals surface area contributed by atoms with Crippen LogP contribution in [0, 0.1) is 0 Å². The third-order valence-corrected chi connectivity index (χ3v) is 3.72. The van der Waals surface area contributed by atoms with Crippen molar-refractivity contribution >= 4 is 18.0 Å². The molecule has 1 aromatic heterocycles. The lowest BCUT2D eigenvalue weighted by Gasteiger charge is -2.41. The third-order valence-electron chi connectivity index (χ3n) is 3.72. The number of hydrogen-bond acceptors (Lipinski definition) is 5. The lowest BCUT2D eigenvalue weighted by Crippen LogP contribution is -2.57. The molecule has 136 valence electrons. The van der Waals surface area contributed by atoms with E-state index < -0.39 is 23.7 Å². The second-order valence-corrected chi connectivity index (χ2v) is 6.92. The minimum atomic E-state index is -1.03. The monoisotopic (exact) mass is 349 g/mol. The molecule has 0 spiro atoms. The highest BCUT2D eigenvalue weighted by molar-refractivity contribution is 5.94. The van der Waals surface area contributed by atoms with Crippen LogP contribution < -0.4 is 0 Å². The molecule has 0 radical (unpaired) electrons. The van der Waals surface area contributed by atoms with E-state index in [0.717, 1.165) is 0 Å². The van der Waals surface area contributed by atoms with Crippen molar-refractivity contribution in [3.8, 4) is 0 Å². The molecule has 0 aromatic carbocycles. The number of ether oxygens (including phenoxy) is 1. The van der Waals surface area contributed by atoms with Crippen molar-refractivity contribution in [3.05, 3.63) is 30.1 Å². The molecule has 1 aromatic rings. The van der Waals surface area contributed by atoms with Crippen molar-refractivity contribution in [1.82, 2.24) is 14.8 Å². The Kier molecular flexibility index (Phi) is 5.61. The van der Waals surface area contributed by atoms with Crippen molar-refractivity contribution in [1.29, 1.82) is 0 Å². The molecule has 1 fully saturated rings. The smallest absolute Gasteiger partial charge is 0.410 e. The van der Waals surface area contributed by atoms with E-state index in [1.54, 1.807) is 44.0 Å². The summed E-state index contributed by atoms with van der Waals surface area (Å²) in [5.74, 6) is -1.26. The number of carboxylic acids is 1. The minimum Gasteiger partial charge on any atom is -0.481 e. The Balaban J connectivity index is 2.12. The summed E-state index contributed by atoms with van der Waals surface area (Å²) in [6.45, 7) is 5.92. The molecule has 8 heteroatoms. The molecule has 8 nitrogen and oxygen atoms in total. The van der Waals surface area contributed by atoms with Gasteiger partial charge in [-0.25, -0.2) is 4.79 Å². The molecule has 1 atom stereocenters. The van der Waals surface area contributed by atoms with Crippen molar-refractivity contribution < 1.29 is 24.2 Å². The first-order valence-corrected chi connectivity index (χ1v) is 8.08. The lowest BCUT2D eigenvalue weighted by molar-refractivity contribution is -0.138. The van der Waals surface area contributed by atoms with Gasteiger partial charge in [-0.1, -0.05) is 0 Å². The number of piperazine rings is 1. The number of carboxylic acid groups (broad SMARTS) is 1. The van der Waals surface area contributed by atoms with Gasteiger partial charge in [0, 0.05) is 32.0 Å². The molecule has 0 saturated carbocycles. The molecular weight excluding hydrogens is 326 g/mol. The zero-order valence-electron chi connectivity index (χ0n) is 14.6. The van der Waals surface area contributed by atoms with Gasteiger partial charge >= 0.3 is 12.1 Å². The number of nitrogens with zero attached hydrogens (tertiary/aromatic N) is 3. The van der Waals surface area contributed by atoms with Gasteiger partial charge < -0.3 is 19.6 Å². The molecule has 2 amide bonds. The van der Waals surface area contributed by atoms with Crippen molar-refractivity contribution in [2.24, 2.45) is 0 Å². The Morgan fingerprint density at radius 2 is 2.04 bits per heavy atom. The van der Waals surface area contributed by atoms with Gasteiger partial charge in [0.15, 0.2) is 0 Å². The van der Waals surface area contributed by atoms with Crippen LogP contribution in [0.2, 0.25) is 0 Å². The van der Waals surface area contributed by atoms with E-state index in [1.807, 2.05) is 0 Å². The number of hydrogen-bond donors (Lipinski definition) is 1. The van der Waals surface area contributed by atoms with Gasteiger partial charge in [0.05, 0.1) is 18.0 Å². The van der Waals surface area contributed by atoms with Gasteiger partial charge in [-0.3, -0.25) is 14.6 Å². The first kappa shape index (κ1) is 18.7. The third kappa shape index (κ3) is 5.17. The number of carbonyl (C=O) groups excluding carboxylic acids is 2. The van der Waals surface area contributed by atoms with Crippen LogP contribution in [-0.2, 0) is 9.53 Å². The second kappa shape index (κ2) is 7.50. The maximum Gasteiger partial charge on any atom is 0.410 e. The summed E-state index contributed by atoms with van der Waals surface area (Å²) in [6, 6.07) is 2.68. The van der Waals surface area contributed by atoms with Gasteiger partial charge in [0.2, 0.25) is 0 Å². The average molecular weight is 349 g/mol. The summed E-state index contributed by atoms with van der Waals surface area (Å²) < 4.78 is 5.35. The molecule has 25 heavy (non-hydrogen) atoms. The molecule has 2 heterocycles. The van der Waals surface area contributed by atoms with Crippen LogP contribution in [-0.4, -0.2) is 69.1 Å². The topological polar surface area (TPSA) is 100 Å². The standard InChI is InChI=1S/C17H23N3O5/c1-17(2,3)25-16(24)20-8-7-19(11-13(20)9-14(21)22)15(23)12-5-4-6-18-10-12/h4-6,10,13H,7-9,11H2,1-3H3,(H,21,22)/t13-/m0/s1. The molecular formula is C17H23N3O5. The molecule has 1 N–H and O–H groups in total. The Morgan fingerprint density at radius 1 is 1.32 bits per heavy atom. The van der Waals surface area contributed by atoms with Crippen molar-refractivity contribution in [2.75, 3.05) is 19.6 Å². The van der Waals surface area contributed by atoms with Crippen LogP contribution in [0.15, 0.2) is 24.5 Å². The lowest BCUT2D eigenvalue weighted by atomic mass is 10.1. The summed E-state index contributed by atoms with van der Waals surface area (Å²) in [4.78, 5) is 42.9. The Hall–Kier alpha value is -2.64. The second-order valence-electron chi connectivity index (χ2n) is 6.92. The maximum atomic E-state index is 12.5. The Labute approximate surface area is 146 Å². The summed E-state index contributed by atoms with van der Waals surface area (Å²) in [6.07, 6.45) is 2.22. The van der Waals surface area contributed by atoms with Gasteiger partial charge in [-0.15, -0.1) is 0 Å². The minimum absolute atomic E-state index is 0.138. The quantitative estimate of drug-likeness (QED) is 0.890. The summed E-state index contributed by atoms with van der Waals surface area (Å²) in [5, 5.41) is 9.15. The highest BCUT2D eigenvalue weighted by Crippen LogP contribution is 2.19. The molecule has 2 rings (SSSR count). The zero-order valence-corrected chi connectivity index (χ0v) is 14.6. The number of carbonyl (C=O) groups is 3. The summed E-state index contributed by atoms with van der Waals surface area (Å²) in [7, 11) is 0. The van der Waals surface area contributed by atoms with E-state index in [1.165, 1.54) is 11.1 Å². The number of rotatable bonds is 3. The van der Waals surface area contributed by atoms with Gasteiger partial charge in [0.25, 0.3) is 5.91 Å². The van der Waals surface area contributed by atoms with Crippen LogP contribution >= 0.6 is 0 Å². The Bertz CT molecular complexity index is 641. The molecule has 1 aliphatic heterocycles. The number of pyridine rings is 1. The van der Waals surface area contributed by atoms with Gasteiger partial charge in [0.1, 0.15) is 5.60 Å². The van der Waals surface area contributed by atoms with Crippen molar-refractivity contribution in [2.45, 2.75) is 38.8 Å². The van der Waals surface area contributed by atoms with Crippen molar-refractivity contribution in [3.63, 3.8) is 0 Å². The Morgan fingerprint density at radius 3 is 2.60 bits per heavy atom. The van der Waals surface area contributed by atoms with Crippen LogP contribution in [0.3, 0.4) is 0 Å². The largest absolute Gasteiger partial charge is 0.481 e. The van der Waals surface area contributed by atoms with E-state index in [-0.39, 0.29) is 25.4 Å². The van der Waals surface area contributed by atoms with E-state index in [4.69, 9.17) is 9.84 Å². The van der Waals surface area contributed by atoms with E-state index in [0.29, 0.717) is 12.1 Å². The van der Waals surface area contributed by atoms with E-state index in [2.05, 4.69) is 4.98 Å². The molecule has 1 saturated heterocycles. The summed E-state index contributed by atoms with van der Waals surface area (Å²) in [5.41, 5.74) is -0.240. The predicted molar refractivity (Wildman–Crippen MR) is 89.1 cm³/mol. The van der Waals surface area contributed by atoms with Crippen LogP contribution in [0.4, 0.5) is 4.79 Å². The molecule has 0 aliphatic carbocycles. The van der Waals surface area contributed by atoms with Gasteiger partial charge in [-0.2, -0.15) is 0 Å². The first-order chi connectivity index (χ1) is 11.7. The highest BCUT2D eigenvalue weighted by atomic mass is 16.6. The van der Waals surface area contributed by atoms with Crippen LogP contribution in [0.1, 0.15) is 37.6 Å². The molecule has 1 aliphatic rings. The van der Waals surface area contributed by atoms with E-state index in [9.17, 15) is 14.4 Å². The van der Waals surface area contributed by atoms with Crippen LogP contribution in [0.5, 0.6) is 0 Å².